The minimum atomic E-state index is -3.73. The molecule has 2 aromatic rings. The van der Waals surface area contributed by atoms with E-state index in [0.29, 0.717) is 31.1 Å². The van der Waals surface area contributed by atoms with Crippen LogP contribution in [-0.4, -0.2) is 37.3 Å². The van der Waals surface area contributed by atoms with E-state index in [2.05, 4.69) is 5.32 Å². The zero-order chi connectivity index (χ0) is 21.0. The van der Waals surface area contributed by atoms with E-state index in [-0.39, 0.29) is 21.9 Å². The molecule has 9 nitrogen and oxygen atoms in total. The van der Waals surface area contributed by atoms with Gasteiger partial charge in [0.15, 0.2) is 0 Å². The number of rotatable bonds is 7. The Morgan fingerprint density at radius 1 is 1.24 bits per heavy atom. The Morgan fingerprint density at radius 2 is 1.97 bits per heavy atom. The number of nitriles is 1. The third kappa shape index (κ3) is 4.31. The van der Waals surface area contributed by atoms with E-state index in [1.807, 2.05) is 6.07 Å². The normalized spacial score (nSPS) is 14.3. The fourth-order valence-corrected chi connectivity index (χ4v) is 4.81. The van der Waals surface area contributed by atoms with Crippen LogP contribution >= 0.6 is 0 Å². The highest BCUT2D eigenvalue weighted by Gasteiger charge is 2.30. The fourth-order valence-electron chi connectivity index (χ4n) is 3.13. The van der Waals surface area contributed by atoms with Crippen LogP contribution in [0.1, 0.15) is 25.3 Å². The number of hydrogen-bond acceptors (Lipinski definition) is 7. The zero-order valence-electron chi connectivity index (χ0n) is 15.8. The van der Waals surface area contributed by atoms with E-state index in [0.717, 1.165) is 12.8 Å². The number of hydrogen-bond donors (Lipinski definition) is 1. The van der Waals surface area contributed by atoms with E-state index in [1.165, 1.54) is 28.6 Å². The van der Waals surface area contributed by atoms with E-state index < -0.39 is 14.9 Å². The van der Waals surface area contributed by atoms with Crippen molar-refractivity contribution in [2.75, 3.05) is 25.0 Å². The van der Waals surface area contributed by atoms with Crippen molar-refractivity contribution in [3.05, 3.63) is 52.1 Å². The van der Waals surface area contributed by atoms with Gasteiger partial charge in [-0.3, -0.25) is 10.1 Å². The molecule has 1 saturated heterocycles. The van der Waals surface area contributed by atoms with Crippen LogP contribution in [0.2, 0.25) is 0 Å². The summed E-state index contributed by atoms with van der Waals surface area (Å²) in [5.74, 6) is 0.258. The maximum absolute atomic E-state index is 13.1. The van der Waals surface area contributed by atoms with E-state index in [1.54, 1.807) is 19.1 Å². The molecule has 1 heterocycles. The molecule has 0 saturated carbocycles. The number of nitro groups is 1. The van der Waals surface area contributed by atoms with Crippen molar-refractivity contribution >= 4 is 27.1 Å². The minimum Gasteiger partial charge on any atom is -0.492 e. The van der Waals surface area contributed by atoms with E-state index in [4.69, 9.17) is 4.74 Å². The maximum atomic E-state index is 13.1. The Hall–Kier alpha value is -3.16. The van der Waals surface area contributed by atoms with Gasteiger partial charge in [0.05, 0.1) is 22.8 Å². The van der Waals surface area contributed by atoms with Gasteiger partial charge in [0.1, 0.15) is 16.7 Å². The number of ether oxygens (including phenoxy) is 1. The lowest BCUT2D eigenvalue weighted by Gasteiger charge is -2.19. The molecule has 0 amide bonds. The SMILES string of the molecule is CCOc1ccc(Nc2ccc([N+](=O)[O-])cc2C#N)cc1S(=O)(=O)N1CCCC1. The van der Waals surface area contributed by atoms with Gasteiger partial charge in [0, 0.05) is 30.9 Å². The van der Waals surface area contributed by atoms with Crippen molar-refractivity contribution in [3.8, 4) is 11.8 Å². The van der Waals surface area contributed by atoms with Gasteiger partial charge in [-0.2, -0.15) is 9.57 Å². The summed E-state index contributed by atoms with van der Waals surface area (Å²) in [6.07, 6.45) is 1.63. The third-order valence-electron chi connectivity index (χ3n) is 4.54. The number of non-ortho nitro benzene ring substituents is 1. The number of nitro benzene ring substituents is 1. The first kappa shape index (κ1) is 20.6. The first-order valence-corrected chi connectivity index (χ1v) is 10.5. The van der Waals surface area contributed by atoms with Gasteiger partial charge in [0.25, 0.3) is 5.69 Å². The van der Waals surface area contributed by atoms with Crippen LogP contribution in [0.3, 0.4) is 0 Å². The molecule has 1 N–H and O–H groups in total. The summed E-state index contributed by atoms with van der Waals surface area (Å²) in [6.45, 7) is 3.02. The van der Waals surface area contributed by atoms with Gasteiger partial charge in [-0.25, -0.2) is 8.42 Å². The van der Waals surface area contributed by atoms with E-state index in [9.17, 15) is 23.8 Å². The lowest BCUT2D eigenvalue weighted by molar-refractivity contribution is -0.384. The van der Waals surface area contributed by atoms with Crippen LogP contribution in [0.5, 0.6) is 5.75 Å². The Bertz CT molecular complexity index is 1070. The average Bonchev–Trinajstić information content (AvgIpc) is 3.25. The highest BCUT2D eigenvalue weighted by molar-refractivity contribution is 7.89. The van der Waals surface area contributed by atoms with Crippen LogP contribution in [0.25, 0.3) is 0 Å². The molecule has 29 heavy (non-hydrogen) atoms. The fraction of sp³-hybridized carbons (Fsp3) is 0.316. The third-order valence-corrected chi connectivity index (χ3v) is 6.46. The largest absolute Gasteiger partial charge is 0.492 e. The molecule has 1 aliphatic rings. The number of sulfonamides is 1. The van der Waals surface area contributed by atoms with Crippen molar-refractivity contribution in [1.82, 2.24) is 4.31 Å². The zero-order valence-corrected chi connectivity index (χ0v) is 16.6. The molecule has 1 aliphatic heterocycles. The summed E-state index contributed by atoms with van der Waals surface area (Å²) < 4.78 is 33.1. The van der Waals surface area contributed by atoms with Gasteiger partial charge in [-0.1, -0.05) is 0 Å². The summed E-state index contributed by atoms with van der Waals surface area (Å²) in [4.78, 5) is 10.4. The minimum absolute atomic E-state index is 0.0478. The van der Waals surface area contributed by atoms with Gasteiger partial charge >= 0.3 is 0 Å². The molecule has 152 valence electrons. The topological polar surface area (TPSA) is 126 Å². The lowest BCUT2D eigenvalue weighted by Crippen LogP contribution is -2.28. The van der Waals surface area contributed by atoms with Gasteiger partial charge in [-0.05, 0) is 44.0 Å². The quantitative estimate of drug-likeness (QED) is 0.541. The predicted octanol–water partition coefficient (Wildman–Crippen LogP) is 3.39. The number of nitrogens with one attached hydrogen (secondary N) is 1. The molecule has 0 aliphatic carbocycles. The van der Waals surface area contributed by atoms with Crippen molar-refractivity contribution in [1.29, 1.82) is 5.26 Å². The molecule has 1 fully saturated rings. The Morgan fingerprint density at radius 3 is 2.59 bits per heavy atom. The van der Waals surface area contributed by atoms with Crippen LogP contribution in [-0.2, 0) is 10.0 Å². The second-order valence-electron chi connectivity index (χ2n) is 6.43. The van der Waals surface area contributed by atoms with Crippen LogP contribution < -0.4 is 10.1 Å². The first-order chi connectivity index (χ1) is 13.9. The summed E-state index contributed by atoms with van der Waals surface area (Å²) in [5, 5.41) is 23.2. The highest BCUT2D eigenvalue weighted by Crippen LogP contribution is 2.33. The first-order valence-electron chi connectivity index (χ1n) is 9.09. The summed E-state index contributed by atoms with van der Waals surface area (Å²) in [5.41, 5.74) is 0.650. The molecule has 0 bridgehead atoms. The molecule has 0 radical (unpaired) electrons. The molecule has 0 aromatic heterocycles. The molecule has 2 aromatic carbocycles. The van der Waals surface area contributed by atoms with Crippen LogP contribution in [0, 0.1) is 21.4 Å². The average molecular weight is 416 g/mol. The number of anilines is 2. The van der Waals surface area contributed by atoms with Crippen molar-refractivity contribution in [3.63, 3.8) is 0 Å². The van der Waals surface area contributed by atoms with Crippen LogP contribution in [0.4, 0.5) is 17.1 Å². The second-order valence-corrected chi connectivity index (χ2v) is 8.34. The predicted molar refractivity (Wildman–Crippen MR) is 107 cm³/mol. The molecule has 0 atom stereocenters. The lowest BCUT2D eigenvalue weighted by atomic mass is 10.1. The Labute approximate surface area is 168 Å². The molecular formula is C19H20N4O5S. The van der Waals surface area contributed by atoms with Gasteiger partial charge in [-0.15, -0.1) is 0 Å². The molecule has 10 heteroatoms. The summed E-state index contributed by atoms with van der Waals surface area (Å²) in [7, 11) is -3.73. The van der Waals surface area contributed by atoms with Crippen LogP contribution in [0.15, 0.2) is 41.3 Å². The van der Waals surface area contributed by atoms with Crippen molar-refractivity contribution in [2.24, 2.45) is 0 Å². The van der Waals surface area contributed by atoms with Gasteiger partial charge in [0.2, 0.25) is 10.0 Å². The standard InChI is InChI=1S/C19H20N4O5S/c1-2-28-18-8-5-15(12-19(18)29(26,27)22-9-3-4-10-22)21-17-7-6-16(23(24)25)11-14(17)13-20/h5-8,11-12,21H,2-4,9-10H2,1H3. The number of benzene rings is 2. The second kappa shape index (κ2) is 8.46. The Balaban J connectivity index is 2.00. The monoisotopic (exact) mass is 416 g/mol. The van der Waals surface area contributed by atoms with Crippen molar-refractivity contribution in [2.45, 2.75) is 24.7 Å². The smallest absolute Gasteiger partial charge is 0.270 e. The molecule has 3 rings (SSSR count). The molecular weight excluding hydrogens is 396 g/mol. The molecule has 0 spiro atoms. The number of nitrogens with zero attached hydrogens (tertiary/aromatic N) is 3. The summed E-state index contributed by atoms with van der Waals surface area (Å²) >= 11 is 0. The van der Waals surface area contributed by atoms with Gasteiger partial charge < -0.3 is 10.1 Å². The maximum Gasteiger partial charge on any atom is 0.270 e. The highest BCUT2D eigenvalue weighted by atomic mass is 32.2. The van der Waals surface area contributed by atoms with E-state index >= 15 is 0 Å². The Kier molecular flexibility index (Phi) is 6.00. The molecule has 0 unspecified atom stereocenters. The van der Waals surface area contributed by atoms with Crippen molar-refractivity contribution < 1.29 is 18.1 Å². The summed E-state index contributed by atoms with van der Waals surface area (Å²) in [6, 6.07) is 10.4.